The van der Waals surface area contributed by atoms with Crippen LogP contribution in [0.15, 0.2) is 48.7 Å². The largest absolute Gasteiger partial charge is 0.437 e. The third-order valence-electron chi connectivity index (χ3n) is 4.40. The molecule has 1 aliphatic rings. The highest BCUT2D eigenvalue weighted by molar-refractivity contribution is 6.35. The Balaban J connectivity index is 1.55. The van der Waals surface area contributed by atoms with Crippen LogP contribution >= 0.6 is 23.2 Å². The maximum absolute atomic E-state index is 6.11. The van der Waals surface area contributed by atoms with Gasteiger partial charge in [-0.25, -0.2) is 9.97 Å². The van der Waals surface area contributed by atoms with Gasteiger partial charge in [0.2, 0.25) is 5.88 Å². The van der Waals surface area contributed by atoms with Crippen LogP contribution in [0.25, 0.3) is 11.3 Å². The first-order chi connectivity index (χ1) is 13.6. The molecule has 1 aliphatic heterocycles. The fraction of sp³-hybridized carbons (Fsp3) is 0.190. The van der Waals surface area contributed by atoms with E-state index in [-0.39, 0.29) is 0 Å². The van der Waals surface area contributed by atoms with Gasteiger partial charge in [0.15, 0.2) is 0 Å². The van der Waals surface area contributed by atoms with E-state index in [4.69, 9.17) is 27.9 Å². The minimum absolute atomic E-state index is 0.440. The Labute approximate surface area is 174 Å². The number of rotatable bonds is 4. The molecule has 7 heteroatoms. The molecular formula is C21H19Cl2N4O. The normalized spacial score (nSPS) is 14.2. The Bertz CT molecular complexity index is 952. The number of anilines is 1. The van der Waals surface area contributed by atoms with Gasteiger partial charge in [0.25, 0.3) is 0 Å². The van der Waals surface area contributed by atoms with Crippen LogP contribution in [-0.4, -0.2) is 36.1 Å². The molecule has 0 spiro atoms. The number of benzene rings is 1. The van der Waals surface area contributed by atoms with Crippen LogP contribution in [0.3, 0.4) is 0 Å². The summed E-state index contributed by atoms with van der Waals surface area (Å²) in [6.45, 7) is 7.85. The van der Waals surface area contributed by atoms with E-state index in [1.807, 2.05) is 30.3 Å². The highest BCUT2D eigenvalue weighted by Crippen LogP contribution is 2.29. The van der Waals surface area contributed by atoms with Gasteiger partial charge in [-0.15, -0.1) is 0 Å². The number of halogens is 2. The van der Waals surface area contributed by atoms with Crippen LogP contribution in [0, 0.1) is 6.92 Å². The van der Waals surface area contributed by atoms with Gasteiger partial charge >= 0.3 is 0 Å². The molecule has 1 fully saturated rings. The highest BCUT2D eigenvalue weighted by atomic mass is 35.5. The number of nitrogens with one attached hydrogen (secondary N) is 1. The van der Waals surface area contributed by atoms with Crippen LogP contribution in [0.4, 0.5) is 5.82 Å². The first kappa shape index (κ1) is 19.0. The molecule has 1 saturated heterocycles. The molecule has 3 aromatic rings. The lowest BCUT2D eigenvalue weighted by Gasteiger charge is -2.28. The average molecular weight is 414 g/mol. The molecule has 0 atom stereocenters. The summed E-state index contributed by atoms with van der Waals surface area (Å²) in [6.07, 6.45) is 1.71. The van der Waals surface area contributed by atoms with Gasteiger partial charge in [0.1, 0.15) is 11.6 Å². The van der Waals surface area contributed by atoms with Gasteiger partial charge in [-0.1, -0.05) is 23.2 Å². The van der Waals surface area contributed by atoms with Crippen molar-refractivity contribution < 1.29 is 4.74 Å². The van der Waals surface area contributed by atoms with E-state index in [0.29, 0.717) is 27.4 Å². The first-order valence-electron chi connectivity index (χ1n) is 8.97. The van der Waals surface area contributed by atoms with E-state index in [1.54, 1.807) is 18.3 Å². The lowest BCUT2D eigenvalue weighted by atomic mass is 10.1. The second-order valence-corrected chi connectivity index (χ2v) is 7.42. The Morgan fingerprint density at radius 3 is 2.43 bits per heavy atom. The quantitative estimate of drug-likeness (QED) is 0.663. The minimum Gasteiger partial charge on any atom is -0.437 e. The van der Waals surface area contributed by atoms with Crippen molar-refractivity contribution in [3.05, 3.63) is 71.2 Å². The number of hydrogen-bond donors (Lipinski definition) is 1. The van der Waals surface area contributed by atoms with Crippen LogP contribution in [0.1, 0.15) is 5.56 Å². The van der Waals surface area contributed by atoms with Gasteiger partial charge in [0.05, 0.1) is 11.9 Å². The number of piperazine rings is 1. The molecule has 3 heterocycles. The maximum Gasteiger partial charge on any atom is 0.220 e. The number of nitrogens with zero attached hydrogens (tertiary/aromatic N) is 3. The van der Waals surface area contributed by atoms with Crippen LogP contribution in [0.2, 0.25) is 10.0 Å². The molecule has 0 unspecified atom stereocenters. The van der Waals surface area contributed by atoms with E-state index >= 15 is 0 Å². The third-order valence-corrected chi connectivity index (χ3v) is 4.84. The fourth-order valence-corrected chi connectivity index (χ4v) is 3.62. The summed E-state index contributed by atoms with van der Waals surface area (Å²) in [5, 5.41) is 4.43. The third kappa shape index (κ3) is 4.55. The van der Waals surface area contributed by atoms with Gasteiger partial charge in [-0.05, 0) is 48.9 Å². The number of hydrogen-bond acceptors (Lipinski definition) is 5. The first-order valence-corrected chi connectivity index (χ1v) is 9.72. The van der Waals surface area contributed by atoms with Crippen LogP contribution in [-0.2, 0) is 0 Å². The van der Waals surface area contributed by atoms with Crippen LogP contribution in [0.5, 0.6) is 11.6 Å². The molecule has 2 aromatic heterocycles. The summed E-state index contributed by atoms with van der Waals surface area (Å²) >= 11 is 12.2. The van der Waals surface area contributed by atoms with Crippen molar-refractivity contribution in [3.63, 3.8) is 0 Å². The monoisotopic (exact) mass is 413 g/mol. The lowest BCUT2D eigenvalue weighted by Crippen LogP contribution is -2.43. The summed E-state index contributed by atoms with van der Waals surface area (Å²) in [4.78, 5) is 11.3. The Hall–Kier alpha value is -2.34. The zero-order valence-corrected chi connectivity index (χ0v) is 16.7. The molecule has 0 saturated carbocycles. The fourth-order valence-electron chi connectivity index (χ4n) is 3.10. The van der Waals surface area contributed by atoms with Crippen molar-refractivity contribution in [2.24, 2.45) is 0 Å². The second kappa shape index (κ2) is 8.35. The van der Waals surface area contributed by atoms with Gasteiger partial charge < -0.3 is 15.0 Å². The molecule has 28 heavy (non-hydrogen) atoms. The van der Waals surface area contributed by atoms with Crippen LogP contribution < -0.4 is 15.0 Å². The minimum atomic E-state index is 0.440. The standard InChI is InChI=1S/C21H19Cl2N4O/c1-14-8-19(15-10-16(22)12-17(23)11-15)26-21(9-14)28-18-2-3-20(25-13-18)27-6-4-24-5-7-27/h2-3,8-13,24H,1,4-7H2. The van der Waals surface area contributed by atoms with E-state index in [0.717, 1.165) is 43.1 Å². The van der Waals surface area contributed by atoms with Crippen molar-refractivity contribution in [3.8, 4) is 22.9 Å². The predicted molar refractivity (Wildman–Crippen MR) is 114 cm³/mol. The molecule has 0 aliphatic carbocycles. The summed E-state index contributed by atoms with van der Waals surface area (Å²) in [6, 6.07) is 12.8. The Morgan fingerprint density at radius 2 is 1.75 bits per heavy atom. The van der Waals surface area contributed by atoms with Gasteiger partial charge in [0, 0.05) is 47.9 Å². The molecule has 0 amide bonds. The Kier molecular flexibility index (Phi) is 5.67. The maximum atomic E-state index is 6.11. The van der Waals surface area contributed by atoms with Crippen molar-refractivity contribution in [2.45, 2.75) is 0 Å². The molecule has 1 radical (unpaired) electrons. The van der Waals surface area contributed by atoms with E-state index in [9.17, 15) is 0 Å². The summed E-state index contributed by atoms with van der Waals surface area (Å²) in [5.74, 6) is 2.00. The molecule has 0 bridgehead atoms. The molecule has 1 aromatic carbocycles. The highest BCUT2D eigenvalue weighted by Gasteiger charge is 2.12. The molecular weight excluding hydrogens is 395 g/mol. The summed E-state index contributed by atoms with van der Waals surface area (Å²) < 4.78 is 5.91. The summed E-state index contributed by atoms with van der Waals surface area (Å²) in [7, 11) is 0. The van der Waals surface area contributed by atoms with Crippen molar-refractivity contribution in [1.29, 1.82) is 0 Å². The number of aromatic nitrogens is 2. The number of pyridine rings is 2. The van der Waals surface area contributed by atoms with Gasteiger partial charge in [-0.2, -0.15) is 0 Å². The lowest BCUT2D eigenvalue weighted by molar-refractivity contribution is 0.461. The predicted octanol–water partition coefficient (Wildman–Crippen LogP) is 4.83. The molecule has 5 nitrogen and oxygen atoms in total. The van der Waals surface area contributed by atoms with Crippen molar-refractivity contribution in [2.75, 3.05) is 31.1 Å². The number of ether oxygens (including phenoxy) is 1. The van der Waals surface area contributed by atoms with E-state index < -0.39 is 0 Å². The smallest absolute Gasteiger partial charge is 0.220 e. The molecule has 1 N–H and O–H groups in total. The zero-order valence-electron chi connectivity index (χ0n) is 15.2. The molecule has 143 valence electrons. The molecule has 4 rings (SSSR count). The second-order valence-electron chi connectivity index (χ2n) is 6.55. The van der Waals surface area contributed by atoms with Crippen molar-refractivity contribution >= 4 is 29.0 Å². The van der Waals surface area contributed by atoms with E-state index in [1.165, 1.54) is 0 Å². The van der Waals surface area contributed by atoms with E-state index in [2.05, 4.69) is 27.1 Å². The Morgan fingerprint density at radius 1 is 1.00 bits per heavy atom. The van der Waals surface area contributed by atoms with Crippen molar-refractivity contribution in [1.82, 2.24) is 15.3 Å². The zero-order chi connectivity index (χ0) is 19.5. The SMILES string of the molecule is [CH2]c1cc(Oc2ccc(N3CCNCC3)nc2)nc(-c2cc(Cl)cc(Cl)c2)c1. The summed E-state index contributed by atoms with van der Waals surface area (Å²) in [5.41, 5.74) is 2.28. The van der Waals surface area contributed by atoms with Gasteiger partial charge in [-0.3, -0.25) is 0 Å². The topological polar surface area (TPSA) is 50.3 Å². The average Bonchev–Trinajstić information content (AvgIpc) is 2.68.